The Morgan fingerprint density at radius 1 is 1.33 bits per heavy atom. The van der Waals surface area contributed by atoms with Crippen LogP contribution in [0.15, 0.2) is 35.6 Å². The van der Waals surface area contributed by atoms with Crippen molar-refractivity contribution < 1.29 is 9.94 Å². The Bertz CT molecular complexity index is 617. The Morgan fingerprint density at radius 2 is 2.14 bits per heavy atom. The lowest BCUT2D eigenvalue weighted by Gasteiger charge is -2.09. The number of amidine groups is 1. The van der Waals surface area contributed by atoms with E-state index in [4.69, 9.17) is 15.7 Å². The van der Waals surface area contributed by atoms with Crippen LogP contribution in [0.5, 0.6) is 0 Å². The zero-order chi connectivity index (χ0) is 15.2. The Hall–Kier alpha value is -2.01. The van der Waals surface area contributed by atoms with Gasteiger partial charge in [0.05, 0.1) is 6.61 Å². The molecule has 5 nitrogen and oxygen atoms in total. The van der Waals surface area contributed by atoms with Crippen LogP contribution < -0.4 is 5.73 Å². The molecule has 1 aromatic carbocycles. The smallest absolute Gasteiger partial charge is 0.170 e. The molecule has 0 atom stereocenters. The molecule has 0 aliphatic heterocycles. The molecule has 0 saturated heterocycles. The van der Waals surface area contributed by atoms with Crippen LogP contribution in [0, 0.1) is 5.92 Å². The summed E-state index contributed by atoms with van der Waals surface area (Å²) in [5, 5.41) is 12.9. The van der Waals surface area contributed by atoms with Crippen molar-refractivity contribution >= 4 is 16.7 Å². The lowest BCUT2D eigenvalue weighted by molar-refractivity contribution is 0.117. The van der Waals surface area contributed by atoms with E-state index in [1.165, 1.54) is 0 Å². The molecular formula is C16H23N3O2. The molecule has 0 bridgehead atoms. The quantitative estimate of drug-likeness (QED) is 0.271. The van der Waals surface area contributed by atoms with Crippen LogP contribution in [0.25, 0.3) is 10.9 Å². The van der Waals surface area contributed by atoms with Crippen LogP contribution in [0.4, 0.5) is 0 Å². The minimum atomic E-state index is 0.123. The first kappa shape index (κ1) is 15.4. The van der Waals surface area contributed by atoms with Crippen molar-refractivity contribution in [3.63, 3.8) is 0 Å². The molecule has 0 spiro atoms. The molecular weight excluding hydrogens is 266 g/mol. The van der Waals surface area contributed by atoms with Gasteiger partial charge in [0.2, 0.25) is 0 Å². The summed E-state index contributed by atoms with van der Waals surface area (Å²) in [5.41, 5.74) is 7.41. The summed E-state index contributed by atoms with van der Waals surface area (Å²) in [6, 6.07) is 7.80. The van der Waals surface area contributed by atoms with Gasteiger partial charge in [-0.25, -0.2) is 0 Å². The average molecular weight is 289 g/mol. The average Bonchev–Trinajstić information content (AvgIpc) is 2.88. The fourth-order valence-electron chi connectivity index (χ4n) is 2.18. The van der Waals surface area contributed by atoms with Gasteiger partial charge in [0.1, 0.15) is 0 Å². The largest absolute Gasteiger partial charge is 0.409 e. The van der Waals surface area contributed by atoms with Crippen LogP contribution in [0.3, 0.4) is 0 Å². The van der Waals surface area contributed by atoms with Crippen LogP contribution >= 0.6 is 0 Å². The van der Waals surface area contributed by atoms with E-state index in [0.717, 1.165) is 30.5 Å². The van der Waals surface area contributed by atoms with Gasteiger partial charge >= 0.3 is 0 Å². The summed E-state index contributed by atoms with van der Waals surface area (Å²) >= 11 is 0. The molecule has 0 amide bonds. The highest BCUT2D eigenvalue weighted by atomic mass is 16.5. The third-order valence-electron chi connectivity index (χ3n) is 3.49. The fraction of sp³-hybridized carbons (Fsp3) is 0.438. The molecule has 1 aromatic heterocycles. The number of hydrogen-bond donors (Lipinski definition) is 2. The molecule has 0 radical (unpaired) electrons. The Balaban J connectivity index is 2.03. The number of aromatic nitrogens is 1. The number of ether oxygens (including phenoxy) is 1. The third-order valence-corrected chi connectivity index (χ3v) is 3.49. The third kappa shape index (κ3) is 3.98. The summed E-state index contributed by atoms with van der Waals surface area (Å²) in [6.45, 7) is 6.66. The van der Waals surface area contributed by atoms with Gasteiger partial charge in [0.15, 0.2) is 5.84 Å². The van der Waals surface area contributed by atoms with Crippen molar-refractivity contribution in [1.29, 1.82) is 0 Å². The lowest BCUT2D eigenvalue weighted by Crippen LogP contribution is -2.13. The number of hydrogen-bond acceptors (Lipinski definition) is 3. The van der Waals surface area contributed by atoms with Gasteiger partial charge < -0.3 is 20.2 Å². The second-order valence-electron chi connectivity index (χ2n) is 5.56. The number of oxime groups is 1. The Labute approximate surface area is 125 Å². The van der Waals surface area contributed by atoms with Gasteiger partial charge in [-0.1, -0.05) is 31.1 Å². The Morgan fingerprint density at radius 3 is 2.86 bits per heavy atom. The van der Waals surface area contributed by atoms with Crippen molar-refractivity contribution in [3.05, 3.63) is 36.0 Å². The first-order valence-corrected chi connectivity index (χ1v) is 7.26. The van der Waals surface area contributed by atoms with Crippen molar-refractivity contribution in [2.75, 3.05) is 13.2 Å². The van der Waals surface area contributed by atoms with E-state index in [1.807, 2.05) is 24.4 Å². The number of nitrogens with zero attached hydrogens (tertiary/aromatic N) is 2. The molecule has 1 heterocycles. The topological polar surface area (TPSA) is 72.8 Å². The SMILES string of the molecule is CC(C)CCOCCn1ccc2ccc(/C(N)=N/O)cc21. The number of nitrogens with two attached hydrogens (primary N) is 1. The first-order valence-electron chi connectivity index (χ1n) is 7.26. The van der Waals surface area contributed by atoms with E-state index in [-0.39, 0.29) is 5.84 Å². The summed E-state index contributed by atoms with van der Waals surface area (Å²) in [5.74, 6) is 0.790. The minimum absolute atomic E-state index is 0.123. The molecule has 0 aliphatic rings. The highest BCUT2D eigenvalue weighted by Gasteiger charge is 2.05. The lowest BCUT2D eigenvalue weighted by atomic mass is 10.1. The molecule has 21 heavy (non-hydrogen) atoms. The van der Waals surface area contributed by atoms with Gasteiger partial charge in [-0.15, -0.1) is 0 Å². The van der Waals surface area contributed by atoms with Crippen LogP contribution in [-0.4, -0.2) is 28.8 Å². The zero-order valence-corrected chi connectivity index (χ0v) is 12.6. The molecule has 0 unspecified atom stereocenters. The maximum atomic E-state index is 8.76. The standard InChI is InChI=1S/C16H23N3O2/c1-12(2)6-9-21-10-8-19-7-5-13-3-4-14(11-15(13)19)16(17)18-20/h3-5,7,11-12,20H,6,8-10H2,1-2H3,(H2,17,18). The summed E-state index contributed by atoms with van der Waals surface area (Å²) in [7, 11) is 0. The van der Waals surface area contributed by atoms with E-state index < -0.39 is 0 Å². The van der Waals surface area contributed by atoms with Crippen molar-refractivity contribution in [2.24, 2.45) is 16.8 Å². The van der Waals surface area contributed by atoms with Gasteiger partial charge in [0, 0.05) is 30.4 Å². The highest BCUT2D eigenvalue weighted by Crippen LogP contribution is 2.17. The van der Waals surface area contributed by atoms with Gasteiger partial charge in [0.25, 0.3) is 0 Å². The molecule has 114 valence electrons. The van der Waals surface area contributed by atoms with E-state index >= 15 is 0 Å². The summed E-state index contributed by atoms with van der Waals surface area (Å²) < 4.78 is 7.78. The molecule has 0 aliphatic carbocycles. The van der Waals surface area contributed by atoms with E-state index in [0.29, 0.717) is 18.1 Å². The van der Waals surface area contributed by atoms with Crippen LogP contribution in [-0.2, 0) is 11.3 Å². The predicted molar refractivity (Wildman–Crippen MR) is 84.7 cm³/mol. The van der Waals surface area contributed by atoms with Crippen molar-refractivity contribution in [2.45, 2.75) is 26.8 Å². The molecule has 2 aromatic rings. The highest BCUT2D eigenvalue weighted by molar-refractivity contribution is 6.00. The molecule has 0 fully saturated rings. The van der Waals surface area contributed by atoms with Crippen LogP contribution in [0.2, 0.25) is 0 Å². The number of fused-ring (bicyclic) bond motifs is 1. The monoisotopic (exact) mass is 289 g/mol. The maximum absolute atomic E-state index is 8.76. The van der Waals surface area contributed by atoms with E-state index in [2.05, 4.69) is 29.6 Å². The first-order chi connectivity index (χ1) is 10.1. The van der Waals surface area contributed by atoms with Gasteiger partial charge in [-0.05, 0) is 29.9 Å². The summed E-state index contributed by atoms with van der Waals surface area (Å²) in [6.07, 6.45) is 3.12. The van der Waals surface area contributed by atoms with Crippen molar-refractivity contribution in [3.8, 4) is 0 Å². The van der Waals surface area contributed by atoms with Crippen molar-refractivity contribution in [1.82, 2.24) is 4.57 Å². The summed E-state index contributed by atoms with van der Waals surface area (Å²) in [4.78, 5) is 0. The molecule has 0 saturated carbocycles. The second kappa shape index (κ2) is 7.13. The normalized spacial score (nSPS) is 12.4. The van der Waals surface area contributed by atoms with E-state index in [1.54, 1.807) is 0 Å². The maximum Gasteiger partial charge on any atom is 0.170 e. The van der Waals surface area contributed by atoms with Gasteiger partial charge in [-0.2, -0.15) is 0 Å². The number of rotatable bonds is 7. The van der Waals surface area contributed by atoms with Crippen LogP contribution in [0.1, 0.15) is 25.8 Å². The predicted octanol–water partition coefficient (Wildman–Crippen LogP) is 2.80. The second-order valence-corrected chi connectivity index (χ2v) is 5.56. The van der Waals surface area contributed by atoms with Gasteiger partial charge in [-0.3, -0.25) is 0 Å². The zero-order valence-electron chi connectivity index (χ0n) is 12.6. The fourth-order valence-corrected chi connectivity index (χ4v) is 2.18. The number of benzene rings is 1. The minimum Gasteiger partial charge on any atom is -0.409 e. The molecule has 3 N–H and O–H groups in total. The molecule has 5 heteroatoms. The molecule has 2 rings (SSSR count). The van der Waals surface area contributed by atoms with E-state index in [9.17, 15) is 0 Å². The Kier molecular flexibility index (Phi) is 5.22.